The van der Waals surface area contributed by atoms with Gasteiger partial charge in [-0.05, 0) is 42.4 Å². The summed E-state index contributed by atoms with van der Waals surface area (Å²) >= 11 is 0. The van der Waals surface area contributed by atoms with Crippen LogP contribution in [0.15, 0.2) is 18.2 Å². The fourth-order valence-electron chi connectivity index (χ4n) is 4.73. The summed E-state index contributed by atoms with van der Waals surface area (Å²) in [6.45, 7) is 5.62. The van der Waals surface area contributed by atoms with E-state index in [0.717, 1.165) is 12.0 Å². The van der Waals surface area contributed by atoms with Gasteiger partial charge in [0.15, 0.2) is 11.5 Å². The largest absolute Gasteiger partial charge is 0.493 e. The predicted octanol–water partition coefficient (Wildman–Crippen LogP) is 3.04. The quantitative estimate of drug-likeness (QED) is 0.761. The predicted molar refractivity (Wildman–Crippen MR) is 112 cm³/mol. The molecular formula is C23H34N2O4. The van der Waals surface area contributed by atoms with Crippen molar-refractivity contribution in [1.29, 1.82) is 0 Å². The van der Waals surface area contributed by atoms with Crippen molar-refractivity contribution in [3.63, 3.8) is 0 Å². The van der Waals surface area contributed by atoms with Crippen LogP contribution >= 0.6 is 0 Å². The molecule has 1 N–H and O–H groups in total. The molecule has 3 rings (SSSR count). The summed E-state index contributed by atoms with van der Waals surface area (Å²) in [6.07, 6.45) is 4.50. The molecule has 0 spiro atoms. The third-order valence-electron chi connectivity index (χ3n) is 6.75. The van der Waals surface area contributed by atoms with Gasteiger partial charge in [-0.15, -0.1) is 0 Å². The van der Waals surface area contributed by atoms with E-state index >= 15 is 0 Å². The molecule has 160 valence electrons. The minimum atomic E-state index is -0.239. The van der Waals surface area contributed by atoms with Gasteiger partial charge in [0.05, 0.1) is 20.1 Å². The number of likely N-dealkylation sites (tertiary alicyclic amines) is 1. The Balaban J connectivity index is 1.51. The van der Waals surface area contributed by atoms with E-state index in [9.17, 15) is 9.59 Å². The smallest absolute Gasteiger partial charge is 0.225 e. The number of carbonyl (C=O) groups excluding carboxylic acids is 2. The molecule has 2 amide bonds. The van der Waals surface area contributed by atoms with Gasteiger partial charge in [0.2, 0.25) is 11.8 Å². The van der Waals surface area contributed by atoms with Crippen LogP contribution in [-0.2, 0) is 16.0 Å². The number of carbonyl (C=O) groups is 2. The van der Waals surface area contributed by atoms with E-state index in [1.807, 2.05) is 23.1 Å². The first kappa shape index (κ1) is 21.5. The van der Waals surface area contributed by atoms with E-state index in [4.69, 9.17) is 9.47 Å². The summed E-state index contributed by atoms with van der Waals surface area (Å²) in [4.78, 5) is 27.2. The summed E-state index contributed by atoms with van der Waals surface area (Å²) in [6, 6.07) is 6.06. The van der Waals surface area contributed by atoms with Crippen LogP contribution in [0.25, 0.3) is 0 Å². The second-order valence-corrected chi connectivity index (χ2v) is 8.51. The second kappa shape index (κ2) is 9.51. The highest BCUT2D eigenvalue weighted by Crippen LogP contribution is 2.35. The molecule has 6 nitrogen and oxygen atoms in total. The van der Waals surface area contributed by atoms with E-state index in [2.05, 4.69) is 19.2 Å². The molecule has 0 radical (unpaired) electrons. The zero-order valence-electron chi connectivity index (χ0n) is 18.1. The molecule has 0 bridgehead atoms. The lowest BCUT2D eigenvalue weighted by Gasteiger charge is -2.40. The molecule has 1 aromatic carbocycles. The van der Waals surface area contributed by atoms with Gasteiger partial charge in [0, 0.05) is 25.6 Å². The van der Waals surface area contributed by atoms with Crippen LogP contribution in [0.2, 0.25) is 0 Å². The monoisotopic (exact) mass is 402 g/mol. The molecule has 2 fully saturated rings. The molecule has 1 aliphatic carbocycles. The number of nitrogens with zero attached hydrogens (tertiary/aromatic N) is 1. The Kier molecular flexibility index (Phi) is 7.04. The fraction of sp³-hybridized carbons (Fsp3) is 0.652. The maximum atomic E-state index is 12.6. The molecule has 1 aromatic rings. The third kappa shape index (κ3) is 4.85. The molecular weight excluding hydrogens is 368 g/mol. The molecule has 1 heterocycles. The van der Waals surface area contributed by atoms with E-state index in [-0.39, 0.29) is 23.8 Å². The maximum absolute atomic E-state index is 12.6. The van der Waals surface area contributed by atoms with Crippen molar-refractivity contribution in [1.82, 2.24) is 10.2 Å². The number of hydrogen-bond donors (Lipinski definition) is 1. The lowest BCUT2D eigenvalue weighted by molar-refractivity contribution is -0.132. The maximum Gasteiger partial charge on any atom is 0.225 e. The molecule has 0 unspecified atom stereocenters. The van der Waals surface area contributed by atoms with Gasteiger partial charge in [-0.3, -0.25) is 9.59 Å². The SMILES string of the molecule is COc1ccc(CCNC(=O)[C@@H]2CC(=O)N([C@@H]3CCC[C@H](C)[C@H]3C)C2)cc1OC. The minimum Gasteiger partial charge on any atom is -0.493 e. The van der Waals surface area contributed by atoms with Crippen LogP contribution in [0.1, 0.15) is 45.1 Å². The van der Waals surface area contributed by atoms with Crippen molar-refractivity contribution in [3.05, 3.63) is 23.8 Å². The van der Waals surface area contributed by atoms with E-state index in [1.54, 1.807) is 14.2 Å². The highest BCUT2D eigenvalue weighted by atomic mass is 16.5. The second-order valence-electron chi connectivity index (χ2n) is 8.51. The topological polar surface area (TPSA) is 67.9 Å². The van der Waals surface area contributed by atoms with Crippen molar-refractivity contribution < 1.29 is 19.1 Å². The van der Waals surface area contributed by atoms with Gasteiger partial charge in [-0.1, -0.05) is 32.8 Å². The first-order valence-electron chi connectivity index (χ1n) is 10.7. The molecule has 29 heavy (non-hydrogen) atoms. The number of benzene rings is 1. The number of hydrogen-bond acceptors (Lipinski definition) is 4. The Morgan fingerprint density at radius 2 is 1.93 bits per heavy atom. The van der Waals surface area contributed by atoms with E-state index < -0.39 is 0 Å². The average molecular weight is 403 g/mol. The first-order chi connectivity index (χ1) is 13.9. The number of amides is 2. The summed E-state index contributed by atoms with van der Waals surface area (Å²) in [7, 11) is 3.22. The van der Waals surface area contributed by atoms with Gasteiger partial charge in [-0.2, -0.15) is 0 Å². The van der Waals surface area contributed by atoms with Crippen LogP contribution in [0, 0.1) is 17.8 Å². The molecule has 1 saturated heterocycles. The zero-order chi connectivity index (χ0) is 21.0. The Morgan fingerprint density at radius 1 is 1.17 bits per heavy atom. The molecule has 4 atom stereocenters. The normalized spacial score (nSPS) is 27.0. The van der Waals surface area contributed by atoms with E-state index in [1.165, 1.54) is 12.8 Å². The van der Waals surface area contributed by atoms with Gasteiger partial charge in [0.25, 0.3) is 0 Å². The summed E-state index contributed by atoms with van der Waals surface area (Å²) in [5, 5.41) is 3.01. The van der Waals surface area contributed by atoms with Crippen LogP contribution in [0.4, 0.5) is 0 Å². The van der Waals surface area contributed by atoms with Gasteiger partial charge in [-0.25, -0.2) is 0 Å². The average Bonchev–Trinajstić information content (AvgIpc) is 3.11. The lowest BCUT2D eigenvalue weighted by Crippen LogP contribution is -2.45. The number of methoxy groups -OCH3 is 2. The Bertz CT molecular complexity index is 736. The third-order valence-corrected chi connectivity index (χ3v) is 6.75. The molecule has 1 aliphatic heterocycles. The first-order valence-corrected chi connectivity index (χ1v) is 10.7. The Hall–Kier alpha value is -2.24. The van der Waals surface area contributed by atoms with Crippen molar-refractivity contribution in [2.75, 3.05) is 27.3 Å². The van der Waals surface area contributed by atoms with Gasteiger partial charge < -0.3 is 19.7 Å². The highest BCUT2D eigenvalue weighted by molar-refractivity contribution is 5.89. The Labute approximate surface area is 173 Å². The van der Waals surface area contributed by atoms with Crippen LogP contribution in [-0.4, -0.2) is 50.1 Å². The number of nitrogens with one attached hydrogen (secondary N) is 1. The van der Waals surface area contributed by atoms with Crippen LogP contribution < -0.4 is 14.8 Å². The van der Waals surface area contributed by atoms with Crippen molar-refractivity contribution >= 4 is 11.8 Å². The molecule has 0 aromatic heterocycles. The highest BCUT2D eigenvalue weighted by Gasteiger charge is 2.41. The lowest BCUT2D eigenvalue weighted by atomic mass is 9.77. The summed E-state index contributed by atoms with van der Waals surface area (Å²) < 4.78 is 10.6. The van der Waals surface area contributed by atoms with Crippen molar-refractivity contribution in [2.45, 2.75) is 52.0 Å². The summed E-state index contributed by atoms with van der Waals surface area (Å²) in [5.74, 6) is 2.39. The molecule has 1 saturated carbocycles. The fourth-order valence-corrected chi connectivity index (χ4v) is 4.73. The van der Waals surface area contributed by atoms with E-state index in [0.29, 0.717) is 49.3 Å². The van der Waals surface area contributed by atoms with Crippen LogP contribution in [0.3, 0.4) is 0 Å². The molecule has 2 aliphatic rings. The summed E-state index contributed by atoms with van der Waals surface area (Å²) in [5.41, 5.74) is 1.07. The van der Waals surface area contributed by atoms with Gasteiger partial charge in [0.1, 0.15) is 0 Å². The zero-order valence-corrected chi connectivity index (χ0v) is 18.1. The van der Waals surface area contributed by atoms with Crippen molar-refractivity contribution in [3.8, 4) is 11.5 Å². The number of ether oxygens (including phenoxy) is 2. The Morgan fingerprint density at radius 3 is 2.66 bits per heavy atom. The van der Waals surface area contributed by atoms with Crippen LogP contribution in [0.5, 0.6) is 11.5 Å². The van der Waals surface area contributed by atoms with Crippen molar-refractivity contribution in [2.24, 2.45) is 17.8 Å². The standard InChI is InChI=1S/C23H34N2O4/c1-15-6-5-7-19(16(15)2)25-14-18(13-22(25)26)23(27)24-11-10-17-8-9-20(28-3)21(12-17)29-4/h8-9,12,15-16,18-19H,5-7,10-11,13-14H2,1-4H3,(H,24,27)/t15-,16+,18+,19+/m0/s1. The van der Waals surface area contributed by atoms with Gasteiger partial charge >= 0.3 is 0 Å². The molecule has 6 heteroatoms. The minimum absolute atomic E-state index is 0.0159. The number of rotatable bonds is 7.